The van der Waals surface area contributed by atoms with Crippen molar-refractivity contribution in [2.45, 2.75) is 13.8 Å². The number of carbonyl (C=O) groups is 1. The monoisotopic (exact) mass is 136 g/mol. The smallest absolute Gasteiger partial charge is 0.159 e. The number of hydrogen-bond donors (Lipinski definition) is 0. The summed E-state index contributed by atoms with van der Waals surface area (Å²) in [5.74, 6) is 0.0259. The normalized spacial score (nSPS) is 10.8. The molecule has 0 amide bonds. The van der Waals surface area contributed by atoms with Crippen LogP contribution in [0.3, 0.4) is 0 Å². The van der Waals surface area contributed by atoms with Crippen LogP contribution in [-0.2, 0) is 4.79 Å². The molecule has 0 rings (SSSR count). The number of hydrogen-bond acceptors (Lipinski definition) is 1. The highest BCUT2D eigenvalue weighted by Gasteiger charge is 1.95. The fourth-order valence-electron chi connectivity index (χ4n) is 0.570. The van der Waals surface area contributed by atoms with Gasteiger partial charge in [-0.15, -0.1) is 0 Å². The standard InChI is InChI=1S/C9H12O/c1-5-9(8(4)10)6-7(2)3/h5-6H,1-2H2,3-4H3. The van der Waals surface area contributed by atoms with Crippen LogP contribution in [-0.4, -0.2) is 5.78 Å². The van der Waals surface area contributed by atoms with Crippen molar-refractivity contribution in [2.75, 3.05) is 0 Å². The average Bonchev–Trinajstić information content (AvgIpc) is 1.81. The lowest BCUT2D eigenvalue weighted by Crippen LogP contribution is -1.92. The second-order valence-corrected chi connectivity index (χ2v) is 2.21. The van der Waals surface area contributed by atoms with Crippen LogP contribution in [0.1, 0.15) is 13.8 Å². The maximum absolute atomic E-state index is 10.7. The second-order valence-electron chi connectivity index (χ2n) is 2.21. The van der Waals surface area contributed by atoms with Crippen LogP contribution < -0.4 is 0 Å². The van der Waals surface area contributed by atoms with E-state index >= 15 is 0 Å². The third kappa shape index (κ3) is 3.02. The van der Waals surface area contributed by atoms with Gasteiger partial charge in [-0.05, 0) is 19.9 Å². The second kappa shape index (κ2) is 3.83. The summed E-state index contributed by atoms with van der Waals surface area (Å²) in [5, 5.41) is 0. The van der Waals surface area contributed by atoms with E-state index in [0.29, 0.717) is 5.57 Å². The van der Waals surface area contributed by atoms with Gasteiger partial charge < -0.3 is 0 Å². The molecular formula is C9H12O. The van der Waals surface area contributed by atoms with Crippen LogP contribution in [0.25, 0.3) is 0 Å². The Morgan fingerprint density at radius 2 is 1.90 bits per heavy atom. The van der Waals surface area contributed by atoms with Gasteiger partial charge in [0.1, 0.15) is 0 Å². The van der Waals surface area contributed by atoms with Gasteiger partial charge in [0.05, 0.1) is 0 Å². The van der Waals surface area contributed by atoms with Gasteiger partial charge in [-0.2, -0.15) is 0 Å². The van der Waals surface area contributed by atoms with Crippen LogP contribution in [0.15, 0.2) is 36.5 Å². The topological polar surface area (TPSA) is 17.1 Å². The minimum atomic E-state index is 0.0259. The van der Waals surface area contributed by atoms with Crippen molar-refractivity contribution in [2.24, 2.45) is 0 Å². The largest absolute Gasteiger partial charge is 0.295 e. The van der Waals surface area contributed by atoms with Crippen LogP contribution in [0.2, 0.25) is 0 Å². The number of Topliss-reactive ketones (excluding diaryl/α,β-unsaturated/α-hetero) is 1. The van der Waals surface area contributed by atoms with E-state index in [0.717, 1.165) is 5.57 Å². The molecule has 10 heavy (non-hydrogen) atoms. The first-order valence-electron chi connectivity index (χ1n) is 3.08. The molecule has 0 aromatic carbocycles. The average molecular weight is 136 g/mol. The third-order valence-corrected chi connectivity index (χ3v) is 1.03. The lowest BCUT2D eigenvalue weighted by atomic mass is 10.1. The SMILES string of the molecule is C=CC(=CC(=C)C)C(C)=O. The Kier molecular flexibility index (Phi) is 3.40. The van der Waals surface area contributed by atoms with E-state index in [1.54, 1.807) is 6.08 Å². The molecule has 0 saturated carbocycles. The fourth-order valence-corrected chi connectivity index (χ4v) is 0.570. The van der Waals surface area contributed by atoms with Gasteiger partial charge in [0.25, 0.3) is 0 Å². The van der Waals surface area contributed by atoms with E-state index in [4.69, 9.17) is 0 Å². The fraction of sp³-hybridized carbons (Fsp3) is 0.222. The van der Waals surface area contributed by atoms with Crippen LogP contribution in [0.4, 0.5) is 0 Å². The molecule has 0 aromatic rings. The Labute approximate surface area is 61.8 Å². The Balaban J connectivity index is 4.49. The molecule has 54 valence electrons. The van der Waals surface area contributed by atoms with Crippen molar-refractivity contribution in [3.05, 3.63) is 36.5 Å². The summed E-state index contributed by atoms with van der Waals surface area (Å²) in [6.45, 7) is 10.5. The summed E-state index contributed by atoms with van der Waals surface area (Å²) in [4.78, 5) is 10.7. The number of ketones is 1. The quantitative estimate of drug-likeness (QED) is 0.429. The predicted octanol–water partition coefficient (Wildman–Crippen LogP) is 2.26. The number of carbonyl (C=O) groups excluding carboxylic acids is 1. The third-order valence-electron chi connectivity index (χ3n) is 1.03. The zero-order chi connectivity index (χ0) is 8.15. The summed E-state index contributed by atoms with van der Waals surface area (Å²) < 4.78 is 0. The molecule has 1 heteroatoms. The highest BCUT2D eigenvalue weighted by Crippen LogP contribution is 2.01. The summed E-state index contributed by atoms with van der Waals surface area (Å²) >= 11 is 0. The Morgan fingerprint density at radius 1 is 1.40 bits per heavy atom. The van der Waals surface area contributed by atoms with Crippen molar-refractivity contribution in [1.29, 1.82) is 0 Å². The lowest BCUT2D eigenvalue weighted by molar-refractivity contribution is -0.113. The van der Waals surface area contributed by atoms with Crippen molar-refractivity contribution >= 4 is 5.78 Å². The molecule has 0 aliphatic carbocycles. The molecule has 0 aromatic heterocycles. The van der Waals surface area contributed by atoms with Crippen LogP contribution in [0, 0.1) is 0 Å². The number of allylic oxidation sites excluding steroid dienone is 4. The summed E-state index contributed by atoms with van der Waals surface area (Å²) in [7, 11) is 0. The zero-order valence-corrected chi connectivity index (χ0v) is 6.48. The van der Waals surface area contributed by atoms with E-state index in [1.807, 2.05) is 6.92 Å². The van der Waals surface area contributed by atoms with Crippen molar-refractivity contribution < 1.29 is 4.79 Å². The Morgan fingerprint density at radius 3 is 2.00 bits per heavy atom. The minimum Gasteiger partial charge on any atom is -0.295 e. The molecule has 0 unspecified atom stereocenters. The zero-order valence-electron chi connectivity index (χ0n) is 6.48. The van der Waals surface area contributed by atoms with E-state index in [1.165, 1.54) is 13.0 Å². The predicted molar refractivity (Wildman–Crippen MR) is 43.8 cm³/mol. The Bertz CT molecular complexity index is 197. The van der Waals surface area contributed by atoms with Gasteiger partial charge in [-0.1, -0.05) is 24.8 Å². The van der Waals surface area contributed by atoms with E-state index in [9.17, 15) is 4.79 Å². The molecular weight excluding hydrogens is 124 g/mol. The van der Waals surface area contributed by atoms with Crippen LogP contribution >= 0.6 is 0 Å². The molecule has 0 bridgehead atoms. The number of rotatable bonds is 3. The summed E-state index contributed by atoms with van der Waals surface area (Å²) in [6.07, 6.45) is 3.26. The maximum Gasteiger partial charge on any atom is 0.159 e. The molecule has 0 aliphatic rings. The lowest BCUT2D eigenvalue weighted by Gasteiger charge is -1.93. The van der Waals surface area contributed by atoms with E-state index in [2.05, 4.69) is 13.2 Å². The summed E-state index contributed by atoms with van der Waals surface area (Å²) in [6, 6.07) is 0. The first-order chi connectivity index (χ1) is 4.57. The highest BCUT2D eigenvalue weighted by molar-refractivity contribution is 5.96. The molecule has 0 atom stereocenters. The first kappa shape index (κ1) is 8.89. The molecule has 0 N–H and O–H groups in total. The van der Waals surface area contributed by atoms with Gasteiger partial charge in [0.2, 0.25) is 0 Å². The van der Waals surface area contributed by atoms with Gasteiger partial charge in [-0.3, -0.25) is 4.79 Å². The van der Waals surface area contributed by atoms with Crippen LogP contribution in [0.5, 0.6) is 0 Å². The Hall–Kier alpha value is -1.11. The van der Waals surface area contributed by atoms with Gasteiger partial charge in [0, 0.05) is 5.57 Å². The van der Waals surface area contributed by atoms with Gasteiger partial charge >= 0.3 is 0 Å². The molecule has 0 radical (unpaired) electrons. The van der Waals surface area contributed by atoms with Crippen molar-refractivity contribution in [1.82, 2.24) is 0 Å². The van der Waals surface area contributed by atoms with Gasteiger partial charge in [0.15, 0.2) is 5.78 Å². The van der Waals surface area contributed by atoms with Crippen molar-refractivity contribution in [3.63, 3.8) is 0 Å². The van der Waals surface area contributed by atoms with Gasteiger partial charge in [-0.25, -0.2) is 0 Å². The minimum absolute atomic E-state index is 0.0259. The maximum atomic E-state index is 10.7. The molecule has 1 nitrogen and oxygen atoms in total. The van der Waals surface area contributed by atoms with E-state index < -0.39 is 0 Å². The summed E-state index contributed by atoms with van der Waals surface area (Å²) in [5.41, 5.74) is 1.48. The van der Waals surface area contributed by atoms with Crippen molar-refractivity contribution in [3.8, 4) is 0 Å². The molecule has 0 aliphatic heterocycles. The highest BCUT2D eigenvalue weighted by atomic mass is 16.1. The molecule has 0 spiro atoms. The first-order valence-corrected chi connectivity index (χ1v) is 3.08. The molecule has 0 saturated heterocycles. The molecule has 0 fully saturated rings. The molecule has 0 heterocycles. The van der Waals surface area contributed by atoms with E-state index in [-0.39, 0.29) is 5.78 Å².